The van der Waals surface area contributed by atoms with Crippen molar-refractivity contribution >= 4 is 34.2 Å². The molecule has 0 radical (unpaired) electrons. The van der Waals surface area contributed by atoms with E-state index in [2.05, 4.69) is 15.1 Å². The fraction of sp³-hybridized carbons (Fsp3) is 0.375. The van der Waals surface area contributed by atoms with Gasteiger partial charge in [0.25, 0.3) is 0 Å². The molecule has 14 heavy (non-hydrogen) atoms. The van der Waals surface area contributed by atoms with Gasteiger partial charge >= 0.3 is 0 Å². The van der Waals surface area contributed by atoms with E-state index in [1.807, 2.05) is 18.5 Å². The van der Waals surface area contributed by atoms with E-state index in [1.165, 1.54) is 0 Å². The smallest absolute Gasteiger partial charge is 0.224 e. The second-order valence-electron chi connectivity index (χ2n) is 2.88. The molecule has 0 unspecified atom stereocenters. The SMILES string of the molecule is CCn1nc2c(Cl)nc(Cl)nc2c1C. The molecule has 4 nitrogen and oxygen atoms in total. The van der Waals surface area contributed by atoms with Crippen LogP contribution in [-0.2, 0) is 6.54 Å². The summed E-state index contributed by atoms with van der Waals surface area (Å²) in [5.74, 6) is 0. The highest BCUT2D eigenvalue weighted by molar-refractivity contribution is 6.35. The minimum atomic E-state index is 0.154. The van der Waals surface area contributed by atoms with Gasteiger partial charge in [-0.15, -0.1) is 0 Å². The topological polar surface area (TPSA) is 43.6 Å². The van der Waals surface area contributed by atoms with Crippen molar-refractivity contribution in [2.24, 2.45) is 0 Å². The van der Waals surface area contributed by atoms with Crippen molar-refractivity contribution in [1.29, 1.82) is 0 Å². The molecule has 2 rings (SSSR count). The number of rotatable bonds is 1. The molecule has 0 saturated heterocycles. The summed E-state index contributed by atoms with van der Waals surface area (Å²) in [7, 11) is 0. The number of hydrogen-bond acceptors (Lipinski definition) is 3. The molecule has 0 aromatic carbocycles. The van der Waals surface area contributed by atoms with Gasteiger partial charge in [-0.25, -0.2) is 9.97 Å². The quantitative estimate of drug-likeness (QED) is 0.559. The van der Waals surface area contributed by atoms with Gasteiger partial charge < -0.3 is 0 Å². The molecule has 0 aliphatic rings. The molecule has 6 heteroatoms. The summed E-state index contributed by atoms with van der Waals surface area (Å²) < 4.78 is 1.82. The Kier molecular flexibility index (Phi) is 2.33. The molecule has 2 heterocycles. The van der Waals surface area contributed by atoms with Crippen LogP contribution in [-0.4, -0.2) is 19.7 Å². The van der Waals surface area contributed by atoms with Crippen molar-refractivity contribution < 1.29 is 0 Å². The summed E-state index contributed by atoms with van der Waals surface area (Å²) in [4.78, 5) is 7.93. The van der Waals surface area contributed by atoms with Crippen LogP contribution in [0.4, 0.5) is 0 Å². The molecule has 2 aromatic heterocycles. The zero-order valence-corrected chi connectivity index (χ0v) is 9.26. The van der Waals surface area contributed by atoms with Crippen molar-refractivity contribution in [1.82, 2.24) is 19.7 Å². The summed E-state index contributed by atoms with van der Waals surface area (Å²) in [5.41, 5.74) is 2.28. The van der Waals surface area contributed by atoms with Crippen molar-refractivity contribution in [3.8, 4) is 0 Å². The predicted molar refractivity (Wildman–Crippen MR) is 55.8 cm³/mol. The third-order valence-electron chi connectivity index (χ3n) is 2.06. The van der Waals surface area contributed by atoms with Crippen LogP contribution >= 0.6 is 23.2 Å². The van der Waals surface area contributed by atoms with Crippen molar-refractivity contribution in [3.63, 3.8) is 0 Å². The summed E-state index contributed by atoms with van der Waals surface area (Å²) in [6.45, 7) is 4.70. The Hall–Kier alpha value is -0.870. The number of aryl methyl sites for hydroxylation is 2. The fourth-order valence-electron chi connectivity index (χ4n) is 1.37. The Morgan fingerprint density at radius 1 is 1.21 bits per heavy atom. The number of fused-ring (bicyclic) bond motifs is 1. The number of nitrogens with zero attached hydrogens (tertiary/aromatic N) is 4. The van der Waals surface area contributed by atoms with E-state index in [1.54, 1.807) is 0 Å². The third-order valence-corrected chi connectivity index (χ3v) is 2.50. The summed E-state index contributed by atoms with van der Waals surface area (Å²) >= 11 is 11.6. The highest BCUT2D eigenvalue weighted by Gasteiger charge is 2.12. The van der Waals surface area contributed by atoms with E-state index in [9.17, 15) is 0 Å². The van der Waals surface area contributed by atoms with Crippen LogP contribution in [0.2, 0.25) is 10.4 Å². The second-order valence-corrected chi connectivity index (χ2v) is 3.58. The molecule has 0 fully saturated rings. The van der Waals surface area contributed by atoms with E-state index in [0.29, 0.717) is 10.7 Å². The van der Waals surface area contributed by atoms with Crippen LogP contribution in [0.1, 0.15) is 12.6 Å². The Labute approximate surface area is 90.9 Å². The minimum Gasteiger partial charge on any atom is -0.267 e. The maximum atomic E-state index is 5.89. The van der Waals surface area contributed by atoms with Crippen molar-refractivity contribution in [2.45, 2.75) is 20.4 Å². The van der Waals surface area contributed by atoms with Crippen LogP contribution in [0.5, 0.6) is 0 Å². The first-order valence-corrected chi connectivity index (χ1v) is 4.95. The van der Waals surface area contributed by atoms with E-state index in [-0.39, 0.29) is 5.28 Å². The van der Waals surface area contributed by atoms with Gasteiger partial charge in [0.1, 0.15) is 11.0 Å². The van der Waals surface area contributed by atoms with Gasteiger partial charge in [0.05, 0.1) is 5.69 Å². The molecular formula is C8H8Cl2N4. The zero-order valence-electron chi connectivity index (χ0n) is 7.75. The molecule has 0 atom stereocenters. The number of hydrogen-bond donors (Lipinski definition) is 0. The summed E-state index contributed by atoms with van der Waals surface area (Å²) in [6, 6.07) is 0. The lowest BCUT2D eigenvalue weighted by molar-refractivity contribution is 0.647. The van der Waals surface area contributed by atoms with Crippen LogP contribution in [0, 0.1) is 6.92 Å². The van der Waals surface area contributed by atoms with Crippen LogP contribution in [0.15, 0.2) is 0 Å². The van der Waals surface area contributed by atoms with Gasteiger partial charge in [-0.1, -0.05) is 11.6 Å². The standard InChI is InChI=1S/C8H8Cl2N4/c1-3-14-4(2)5-6(13-14)7(9)12-8(10)11-5/h3H2,1-2H3. The van der Waals surface area contributed by atoms with Crippen molar-refractivity contribution in [3.05, 3.63) is 16.1 Å². The van der Waals surface area contributed by atoms with Gasteiger partial charge in [0, 0.05) is 6.54 Å². The zero-order chi connectivity index (χ0) is 10.3. The summed E-state index contributed by atoms with van der Waals surface area (Å²) in [6.07, 6.45) is 0. The fourth-order valence-corrected chi connectivity index (χ4v) is 1.79. The maximum absolute atomic E-state index is 5.89. The minimum absolute atomic E-state index is 0.154. The molecule has 2 aromatic rings. The Balaban J connectivity index is 2.85. The average Bonchev–Trinajstić information content (AvgIpc) is 2.44. The lowest BCUT2D eigenvalue weighted by Crippen LogP contribution is -1.97. The first-order valence-electron chi connectivity index (χ1n) is 4.19. The van der Waals surface area contributed by atoms with Crippen LogP contribution < -0.4 is 0 Å². The van der Waals surface area contributed by atoms with E-state index in [4.69, 9.17) is 23.2 Å². The highest BCUT2D eigenvalue weighted by Crippen LogP contribution is 2.23. The molecule has 0 saturated carbocycles. The monoisotopic (exact) mass is 230 g/mol. The van der Waals surface area contributed by atoms with Gasteiger partial charge in [-0.3, -0.25) is 4.68 Å². The first kappa shape index (κ1) is 9.68. The molecule has 0 spiro atoms. The molecule has 74 valence electrons. The number of aromatic nitrogens is 4. The third kappa shape index (κ3) is 1.35. The maximum Gasteiger partial charge on any atom is 0.224 e. The average molecular weight is 231 g/mol. The van der Waals surface area contributed by atoms with Crippen LogP contribution in [0.3, 0.4) is 0 Å². The van der Waals surface area contributed by atoms with E-state index < -0.39 is 0 Å². The summed E-state index contributed by atoms with van der Waals surface area (Å²) in [5, 5.41) is 4.73. The lowest BCUT2D eigenvalue weighted by Gasteiger charge is -1.95. The Bertz CT molecular complexity index is 492. The molecule has 0 N–H and O–H groups in total. The van der Waals surface area contributed by atoms with E-state index in [0.717, 1.165) is 17.8 Å². The highest BCUT2D eigenvalue weighted by atomic mass is 35.5. The molecule has 0 aliphatic carbocycles. The molecule has 0 bridgehead atoms. The molecular weight excluding hydrogens is 223 g/mol. The number of halogens is 2. The van der Waals surface area contributed by atoms with Gasteiger partial charge in [-0.05, 0) is 25.4 Å². The Morgan fingerprint density at radius 3 is 2.57 bits per heavy atom. The first-order chi connectivity index (χ1) is 6.63. The van der Waals surface area contributed by atoms with E-state index >= 15 is 0 Å². The normalized spacial score (nSPS) is 11.1. The molecule has 0 aliphatic heterocycles. The lowest BCUT2D eigenvalue weighted by atomic mass is 10.4. The second kappa shape index (κ2) is 3.37. The predicted octanol–water partition coefficient (Wildman–Crippen LogP) is 2.46. The molecule has 0 amide bonds. The Morgan fingerprint density at radius 2 is 1.93 bits per heavy atom. The van der Waals surface area contributed by atoms with Crippen LogP contribution in [0.25, 0.3) is 11.0 Å². The van der Waals surface area contributed by atoms with Gasteiger partial charge in [-0.2, -0.15) is 5.10 Å². The van der Waals surface area contributed by atoms with Crippen molar-refractivity contribution in [2.75, 3.05) is 0 Å². The van der Waals surface area contributed by atoms with Gasteiger partial charge in [0.15, 0.2) is 5.15 Å². The van der Waals surface area contributed by atoms with Gasteiger partial charge in [0.2, 0.25) is 5.28 Å². The largest absolute Gasteiger partial charge is 0.267 e.